The summed E-state index contributed by atoms with van der Waals surface area (Å²) in [7, 11) is 1.68. The lowest BCUT2D eigenvalue weighted by atomic mass is 10.0. The summed E-state index contributed by atoms with van der Waals surface area (Å²) in [6.07, 6.45) is 0.880. The molecule has 0 aromatic heterocycles. The molecule has 0 amide bonds. The molecule has 3 rings (SSSR count). The third kappa shape index (κ3) is 6.48. The molecule has 6 heteroatoms. The molecular weight excluding hydrogens is 364 g/mol. The van der Waals surface area contributed by atoms with Crippen molar-refractivity contribution in [1.29, 1.82) is 0 Å². The zero-order valence-electron chi connectivity index (χ0n) is 17.4. The van der Waals surface area contributed by atoms with Crippen molar-refractivity contribution in [3.63, 3.8) is 0 Å². The number of ether oxygens (including phenoxy) is 2. The van der Waals surface area contributed by atoms with Gasteiger partial charge in [0.05, 0.1) is 32.9 Å². The number of rotatable bonds is 8. The maximum atomic E-state index is 6.14. The fourth-order valence-corrected chi connectivity index (χ4v) is 3.57. The van der Waals surface area contributed by atoms with E-state index in [1.807, 2.05) is 12.1 Å². The number of nitrogens with two attached hydrogens (primary N) is 1. The minimum absolute atomic E-state index is 0.209. The zero-order valence-corrected chi connectivity index (χ0v) is 17.4. The lowest BCUT2D eigenvalue weighted by Gasteiger charge is -2.34. The van der Waals surface area contributed by atoms with Gasteiger partial charge in [-0.25, -0.2) is 0 Å². The Bertz CT molecular complexity index is 786. The number of guanidine groups is 1. The van der Waals surface area contributed by atoms with Gasteiger partial charge in [0.2, 0.25) is 0 Å². The van der Waals surface area contributed by atoms with Crippen molar-refractivity contribution in [2.45, 2.75) is 19.4 Å². The van der Waals surface area contributed by atoms with E-state index in [4.69, 9.17) is 15.2 Å². The van der Waals surface area contributed by atoms with Crippen LogP contribution in [-0.4, -0.2) is 57.4 Å². The van der Waals surface area contributed by atoms with Crippen LogP contribution in [0.1, 0.15) is 22.7 Å². The highest BCUT2D eigenvalue weighted by atomic mass is 16.5. The monoisotopic (exact) mass is 396 g/mol. The summed E-state index contributed by atoms with van der Waals surface area (Å²) < 4.78 is 10.7. The predicted molar refractivity (Wildman–Crippen MR) is 118 cm³/mol. The van der Waals surface area contributed by atoms with E-state index < -0.39 is 0 Å². The lowest BCUT2D eigenvalue weighted by Crippen LogP contribution is -2.41. The quantitative estimate of drug-likeness (QED) is 0.530. The number of hydrogen-bond donors (Lipinski definition) is 2. The fraction of sp³-hybridized carbons (Fsp3) is 0.435. The van der Waals surface area contributed by atoms with Crippen LogP contribution >= 0.6 is 0 Å². The van der Waals surface area contributed by atoms with Gasteiger partial charge in [-0.3, -0.25) is 9.89 Å². The van der Waals surface area contributed by atoms with Crippen LogP contribution in [0.25, 0.3) is 0 Å². The number of methoxy groups -OCH3 is 1. The first-order chi connectivity index (χ1) is 14.2. The Hall–Kier alpha value is -2.57. The Morgan fingerprint density at radius 3 is 2.66 bits per heavy atom. The van der Waals surface area contributed by atoms with Crippen LogP contribution < -0.4 is 15.8 Å². The van der Waals surface area contributed by atoms with E-state index in [-0.39, 0.29) is 6.04 Å². The van der Waals surface area contributed by atoms with E-state index in [0.717, 1.165) is 45.0 Å². The molecule has 1 unspecified atom stereocenters. The predicted octanol–water partition coefficient (Wildman–Crippen LogP) is 2.52. The molecule has 0 bridgehead atoms. The number of aryl methyl sites for hydroxylation is 1. The van der Waals surface area contributed by atoms with E-state index >= 15 is 0 Å². The molecule has 0 saturated carbocycles. The second-order valence-corrected chi connectivity index (χ2v) is 7.33. The second-order valence-electron chi connectivity index (χ2n) is 7.33. The van der Waals surface area contributed by atoms with Gasteiger partial charge in [-0.15, -0.1) is 0 Å². The summed E-state index contributed by atoms with van der Waals surface area (Å²) in [6, 6.07) is 16.9. The molecule has 1 aliphatic heterocycles. The molecule has 1 fully saturated rings. The van der Waals surface area contributed by atoms with Crippen LogP contribution in [0.5, 0.6) is 5.75 Å². The van der Waals surface area contributed by atoms with E-state index in [9.17, 15) is 0 Å². The van der Waals surface area contributed by atoms with Gasteiger partial charge in [0.25, 0.3) is 0 Å². The molecule has 1 aliphatic rings. The van der Waals surface area contributed by atoms with Crippen LogP contribution in [0.2, 0.25) is 0 Å². The molecule has 0 aliphatic carbocycles. The number of morpholine rings is 1. The highest BCUT2D eigenvalue weighted by molar-refractivity contribution is 5.77. The van der Waals surface area contributed by atoms with Crippen LogP contribution in [0, 0.1) is 6.92 Å². The first-order valence-corrected chi connectivity index (χ1v) is 10.2. The van der Waals surface area contributed by atoms with Gasteiger partial charge in [0.15, 0.2) is 5.96 Å². The first kappa shape index (κ1) is 21.1. The molecule has 0 spiro atoms. The highest BCUT2D eigenvalue weighted by Crippen LogP contribution is 2.23. The van der Waals surface area contributed by atoms with E-state index in [0.29, 0.717) is 12.5 Å². The molecule has 1 heterocycles. The van der Waals surface area contributed by atoms with Gasteiger partial charge < -0.3 is 20.5 Å². The van der Waals surface area contributed by atoms with E-state index in [2.05, 4.69) is 58.5 Å². The van der Waals surface area contributed by atoms with Crippen molar-refractivity contribution < 1.29 is 9.47 Å². The molecule has 1 saturated heterocycles. The Labute approximate surface area is 173 Å². The fourth-order valence-electron chi connectivity index (χ4n) is 3.57. The molecule has 1 atom stereocenters. The molecule has 29 heavy (non-hydrogen) atoms. The molecule has 6 nitrogen and oxygen atoms in total. The number of hydrogen-bond acceptors (Lipinski definition) is 4. The van der Waals surface area contributed by atoms with E-state index in [1.165, 1.54) is 16.7 Å². The SMILES string of the molecule is COc1ccc(CCNC(N)=NCC(c2cccc(C)c2)N2CCOCC2)cc1. The van der Waals surface area contributed by atoms with E-state index in [1.54, 1.807) is 7.11 Å². The molecule has 3 N–H and O–H groups in total. The highest BCUT2D eigenvalue weighted by Gasteiger charge is 2.22. The maximum Gasteiger partial charge on any atom is 0.188 e. The van der Waals surface area contributed by atoms with Gasteiger partial charge in [0, 0.05) is 19.6 Å². The van der Waals surface area contributed by atoms with Crippen molar-refractivity contribution in [1.82, 2.24) is 10.2 Å². The van der Waals surface area contributed by atoms with Crippen LogP contribution in [0.3, 0.4) is 0 Å². The van der Waals surface area contributed by atoms with Gasteiger partial charge in [-0.05, 0) is 36.6 Å². The van der Waals surface area contributed by atoms with Crippen molar-refractivity contribution in [2.75, 3.05) is 46.5 Å². The molecule has 2 aromatic rings. The molecular formula is C23H32N4O2. The van der Waals surface area contributed by atoms with Gasteiger partial charge >= 0.3 is 0 Å². The summed E-state index contributed by atoms with van der Waals surface area (Å²) in [4.78, 5) is 7.08. The van der Waals surface area contributed by atoms with Crippen molar-refractivity contribution >= 4 is 5.96 Å². The average molecular weight is 397 g/mol. The van der Waals surface area contributed by atoms with Gasteiger partial charge in [-0.2, -0.15) is 0 Å². The smallest absolute Gasteiger partial charge is 0.188 e. The van der Waals surface area contributed by atoms with Gasteiger partial charge in [0.1, 0.15) is 5.75 Å². The summed E-state index contributed by atoms with van der Waals surface area (Å²) in [5, 5.41) is 3.23. The molecule has 156 valence electrons. The largest absolute Gasteiger partial charge is 0.497 e. The Morgan fingerprint density at radius 1 is 1.21 bits per heavy atom. The van der Waals surface area contributed by atoms with Crippen LogP contribution in [0.4, 0.5) is 0 Å². The zero-order chi connectivity index (χ0) is 20.5. The summed E-state index contributed by atoms with van der Waals surface area (Å²) in [6.45, 7) is 6.86. The first-order valence-electron chi connectivity index (χ1n) is 10.2. The number of aliphatic imine (C=N–C) groups is 1. The topological polar surface area (TPSA) is 72.1 Å². The Balaban J connectivity index is 1.57. The summed E-state index contributed by atoms with van der Waals surface area (Å²) >= 11 is 0. The molecule has 0 radical (unpaired) electrons. The minimum Gasteiger partial charge on any atom is -0.497 e. The lowest BCUT2D eigenvalue weighted by molar-refractivity contribution is 0.0180. The van der Waals surface area contributed by atoms with Gasteiger partial charge in [-0.1, -0.05) is 42.0 Å². The average Bonchev–Trinajstić information content (AvgIpc) is 2.75. The maximum absolute atomic E-state index is 6.14. The van der Waals surface area contributed by atoms with Crippen LogP contribution in [-0.2, 0) is 11.2 Å². The van der Waals surface area contributed by atoms with Crippen LogP contribution in [0.15, 0.2) is 53.5 Å². The molecule has 2 aromatic carbocycles. The minimum atomic E-state index is 0.209. The third-order valence-corrected chi connectivity index (χ3v) is 5.23. The van der Waals surface area contributed by atoms with Crippen molar-refractivity contribution in [2.24, 2.45) is 10.7 Å². The summed E-state index contributed by atoms with van der Waals surface area (Å²) in [5.41, 5.74) is 9.92. The van der Waals surface area contributed by atoms with Crippen molar-refractivity contribution in [3.05, 3.63) is 65.2 Å². The number of benzene rings is 2. The Morgan fingerprint density at radius 2 is 1.97 bits per heavy atom. The number of nitrogens with zero attached hydrogens (tertiary/aromatic N) is 2. The summed E-state index contributed by atoms with van der Waals surface area (Å²) in [5.74, 6) is 1.36. The third-order valence-electron chi connectivity index (χ3n) is 5.23. The number of nitrogens with one attached hydrogen (secondary N) is 1. The van der Waals surface area contributed by atoms with Crippen molar-refractivity contribution in [3.8, 4) is 5.75 Å². The standard InChI is InChI=1S/C23H32N4O2/c1-18-4-3-5-20(16-18)22(27-12-14-29-15-13-27)17-26-23(24)25-11-10-19-6-8-21(28-2)9-7-19/h3-9,16,22H,10-15,17H2,1-2H3,(H3,24,25,26). The Kier molecular flexibility index (Phi) is 7.90. The second kappa shape index (κ2) is 10.8. The normalized spacial score (nSPS) is 16.4.